The van der Waals surface area contributed by atoms with E-state index in [1.54, 1.807) is 13.0 Å². The van der Waals surface area contributed by atoms with Gasteiger partial charge in [0.05, 0.1) is 13.7 Å². The molecule has 0 aliphatic rings. The zero-order valence-corrected chi connectivity index (χ0v) is 18.7. The van der Waals surface area contributed by atoms with Crippen molar-refractivity contribution < 1.29 is 19.1 Å². The Morgan fingerprint density at radius 3 is 2.34 bits per heavy atom. The zero-order chi connectivity index (χ0) is 22.9. The number of pyridine rings is 1. The van der Waals surface area contributed by atoms with Gasteiger partial charge in [-0.05, 0) is 30.7 Å². The summed E-state index contributed by atoms with van der Waals surface area (Å²) in [6.45, 7) is 1.63. The summed E-state index contributed by atoms with van der Waals surface area (Å²) in [6, 6.07) is 20.9. The fourth-order valence-electron chi connectivity index (χ4n) is 2.99. The van der Waals surface area contributed by atoms with Crippen LogP contribution in [0.15, 0.2) is 81.3 Å². The second kappa shape index (κ2) is 11.2. The number of aromatic nitrogens is 1. The van der Waals surface area contributed by atoms with Crippen molar-refractivity contribution in [2.24, 2.45) is 0 Å². The van der Waals surface area contributed by atoms with Crippen LogP contribution in [0, 0.1) is 6.92 Å². The number of nitrogens with zero attached hydrogens (tertiary/aromatic N) is 1. The number of rotatable bonds is 8. The van der Waals surface area contributed by atoms with E-state index in [0.29, 0.717) is 17.0 Å². The van der Waals surface area contributed by atoms with Gasteiger partial charge in [-0.2, -0.15) is 0 Å². The lowest BCUT2D eigenvalue weighted by molar-refractivity contribution is -0.141. The lowest BCUT2D eigenvalue weighted by atomic mass is 10.2. The Hall–Kier alpha value is -3.52. The van der Waals surface area contributed by atoms with Crippen LogP contribution < -0.4 is 10.9 Å². The topological polar surface area (TPSA) is 86.6 Å². The number of anilines is 1. The van der Waals surface area contributed by atoms with Crippen molar-refractivity contribution in [3.05, 3.63) is 88.3 Å². The summed E-state index contributed by atoms with van der Waals surface area (Å²) >= 11 is 1.34. The Balaban J connectivity index is 1.83. The third-order valence-electron chi connectivity index (χ3n) is 4.65. The minimum atomic E-state index is -0.735. The van der Waals surface area contributed by atoms with E-state index in [1.807, 2.05) is 60.7 Å². The van der Waals surface area contributed by atoms with Crippen molar-refractivity contribution in [2.45, 2.75) is 29.7 Å². The van der Waals surface area contributed by atoms with E-state index in [1.165, 1.54) is 23.4 Å². The first-order valence-corrected chi connectivity index (χ1v) is 10.8. The molecule has 3 aromatic rings. The average Bonchev–Trinajstić information content (AvgIpc) is 2.80. The molecule has 166 valence electrons. The fraction of sp³-hybridized carbons (Fsp3) is 0.208. The summed E-state index contributed by atoms with van der Waals surface area (Å²) in [5, 5.41) is 2.58. The standard InChI is InChI=1S/C24H24N2O5S/c1-17-15-20(32-19-11-7-4-8-12-19)22(23(28)26(17)16-21(27)30-2)25-24(29)31-14-13-18-9-5-3-6-10-18/h3-12,15H,13-14,16H2,1-2H3,(H,25,29). The highest BCUT2D eigenvalue weighted by molar-refractivity contribution is 7.99. The maximum absolute atomic E-state index is 13.2. The monoisotopic (exact) mass is 452 g/mol. The van der Waals surface area contributed by atoms with Gasteiger partial charge in [0.2, 0.25) is 0 Å². The molecule has 0 radical (unpaired) electrons. The molecule has 0 saturated carbocycles. The maximum atomic E-state index is 13.2. The molecular weight excluding hydrogens is 428 g/mol. The van der Waals surface area contributed by atoms with Gasteiger partial charge in [0.25, 0.3) is 5.56 Å². The molecule has 0 unspecified atom stereocenters. The number of methoxy groups -OCH3 is 1. The van der Waals surface area contributed by atoms with Gasteiger partial charge in [-0.25, -0.2) is 4.79 Å². The number of esters is 1. The summed E-state index contributed by atoms with van der Waals surface area (Å²) in [4.78, 5) is 38.8. The first-order valence-electron chi connectivity index (χ1n) is 10.00. The van der Waals surface area contributed by atoms with Gasteiger partial charge in [-0.1, -0.05) is 60.3 Å². The van der Waals surface area contributed by atoms with Crippen LogP contribution in [0.1, 0.15) is 11.3 Å². The van der Waals surface area contributed by atoms with E-state index in [0.717, 1.165) is 10.5 Å². The molecule has 1 aromatic heterocycles. The molecule has 0 aliphatic carbocycles. The molecule has 32 heavy (non-hydrogen) atoms. The number of benzene rings is 2. The minimum absolute atomic E-state index is 0.0538. The van der Waals surface area contributed by atoms with Crippen LogP contribution in [0.5, 0.6) is 0 Å². The van der Waals surface area contributed by atoms with Crippen molar-refractivity contribution in [1.29, 1.82) is 0 Å². The number of aryl methyl sites for hydroxylation is 1. The van der Waals surface area contributed by atoms with E-state index >= 15 is 0 Å². The van der Waals surface area contributed by atoms with Gasteiger partial charge >= 0.3 is 12.1 Å². The van der Waals surface area contributed by atoms with Crippen LogP contribution in [-0.4, -0.2) is 30.3 Å². The van der Waals surface area contributed by atoms with Gasteiger partial charge in [0, 0.05) is 21.9 Å². The highest BCUT2D eigenvalue weighted by atomic mass is 32.2. The van der Waals surface area contributed by atoms with Crippen molar-refractivity contribution in [3.8, 4) is 0 Å². The van der Waals surface area contributed by atoms with Crippen LogP contribution in [0.4, 0.5) is 10.5 Å². The number of amides is 1. The third-order valence-corrected chi connectivity index (χ3v) is 5.70. The predicted molar refractivity (Wildman–Crippen MR) is 123 cm³/mol. The highest BCUT2D eigenvalue weighted by Gasteiger charge is 2.19. The molecule has 0 saturated heterocycles. The number of hydrogen-bond acceptors (Lipinski definition) is 6. The molecular formula is C24H24N2O5S. The lowest BCUT2D eigenvalue weighted by Crippen LogP contribution is -2.31. The second-order valence-corrected chi connectivity index (χ2v) is 8.02. The van der Waals surface area contributed by atoms with Crippen LogP contribution >= 0.6 is 11.8 Å². The molecule has 8 heteroatoms. The molecule has 3 rings (SSSR count). The molecule has 0 atom stereocenters. The Morgan fingerprint density at radius 2 is 1.69 bits per heavy atom. The van der Waals surface area contributed by atoms with E-state index in [9.17, 15) is 14.4 Å². The smallest absolute Gasteiger partial charge is 0.411 e. The summed E-state index contributed by atoms with van der Waals surface area (Å²) in [7, 11) is 1.26. The Bertz CT molecular complexity index is 1130. The quantitative estimate of drug-likeness (QED) is 0.514. The highest BCUT2D eigenvalue weighted by Crippen LogP contribution is 2.32. The molecule has 1 N–H and O–H groups in total. The number of hydrogen-bond donors (Lipinski definition) is 1. The van der Waals surface area contributed by atoms with Crippen molar-refractivity contribution in [3.63, 3.8) is 0 Å². The van der Waals surface area contributed by atoms with Crippen LogP contribution in [0.3, 0.4) is 0 Å². The zero-order valence-electron chi connectivity index (χ0n) is 17.9. The molecule has 0 spiro atoms. The number of ether oxygens (including phenoxy) is 2. The molecule has 0 fully saturated rings. The van der Waals surface area contributed by atoms with Crippen molar-refractivity contribution in [2.75, 3.05) is 19.0 Å². The fourth-order valence-corrected chi connectivity index (χ4v) is 4.00. The number of carbonyl (C=O) groups excluding carboxylic acids is 2. The first-order chi connectivity index (χ1) is 15.5. The van der Waals surface area contributed by atoms with Gasteiger partial charge in [-0.15, -0.1) is 0 Å². The summed E-state index contributed by atoms with van der Waals surface area (Å²) in [5.74, 6) is -0.560. The van der Waals surface area contributed by atoms with Crippen LogP contribution in [-0.2, 0) is 27.2 Å². The summed E-state index contributed by atoms with van der Waals surface area (Å²) in [6.07, 6.45) is -0.179. The van der Waals surface area contributed by atoms with E-state index in [4.69, 9.17) is 9.47 Å². The third kappa shape index (κ3) is 6.24. The average molecular weight is 453 g/mol. The van der Waals surface area contributed by atoms with Gasteiger partial charge in [-0.3, -0.25) is 19.5 Å². The molecule has 0 bridgehead atoms. The van der Waals surface area contributed by atoms with Gasteiger partial charge in [0.15, 0.2) is 0 Å². The van der Waals surface area contributed by atoms with E-state index in [2.05, 4.69) is 5.32 Å². The molecule has 0 aliphatic heterocycles. The minimum Gasteiger partial charge on any atom is -0.468 e. The molecule has 7 nitrogen and oxygen atoms in total. The SMILES string of the molecule is COC(=O)Cn1c(C)cc(Sc2ccccc2)c(NC(=O)OCCc2ccccc2)c1=O. The number of nitrogens with one attached hydrogen (secondary N) is 1. The molecule has 1 amide bonds. The van der Waals surface area contributed by atoms with Crippen LogP contribution in [0.25, 0.3) is 0 Å². The second-order valence-electron chi connectivity index (χ2n) is 6.90. The summed E-state index contributed by atoms with van der Waals surface area (Å²) in [5.41, 5.74) is 1.16. The van der Waals surface area contributed by atoms with Gasteiger partial charge in [0.1, 0.15) is 12.2 Å². The Morgan fingerprint density at radius 1 is 1.03 bits per heavy atom. The van der Waals surface area contributed by atoms with E-state index < -0.39 is 17.6 Å². The lowest BCUT2D eigenvalue weighted by Gasteiger charge is -2.16. The van der Waals surface area contributed by atoms with Crippen molar-refractivity contribution in [1.82, 2.24) is 4.57 Å². The maximum Gasteiger partial charge on any atom is 0.411 e. The van der Waals surface area contributed by atoms with E-state index in [-0.39, 0.29) is 18.8 Å². The van der Waals surface area contributed by atoms with Gasteiger partial charge < -0.3 is 9.47 Å². The largest absolute Gasteiger partial charge is 0.468 e. The molecule has 1 heterocycles. The van der Waals surface area contributed by atoms with Crippen molar-refractivity contribution >= 4 is 29.5 Å². The predicted octanol–water partition coefficient (Wildman–Crippen LogP) is 4.27. The number of carbonyl (C=O) groups is 2. The Labute approximate surface area is 190 Å². The normalized spacial score (nSPS) is 10.4. The molecule has 2 aromatic carbocycles. The first kappa shape index (κ1) is 23.1. The Kier molecular flexibility index (Phi) is 8.10. The van der Waals surface area contributed by atoms with Crippen LogP contribution in [0.2, 0.25) is 0 Å². The summed E-state index contributed by atoms with van der Waals surface area (Å²) < 4.78 is 11.2.